The number of carbonyl (C=O) groups is 1. The summed E-state index contributed by atoms with van der Waals surface area (Å²) in [6.45, 7) is 5.40. The molecule has 2 aromatic carbocycles. The van der Waals surface area contributed by atoms with Crippen LogP contribution in [0.4, 0.5) is 0 Å². The van der Waals surface area contributed by atoms with Gasteiger partial charge in [0.2, 0.25) is 5.91 Å². The van der Waals surface area contributed by atoms with E-state index in [0.717, 1.165) is 38.0 Å². The quantitative estimate of drug-likeness (QED) is 0.723. The summed E-state index contributed by atoms with van der Waals surface area (Å²) in [5.74, 6) is 0.595. The molecular weight excluding hydrogens is 379 g/mol. The molecule has 1 atom stereocenters. The van der Waals surface area contributed by atoms with Crippen molar-refractivity contribution in [3.63, 3.8) is 0 Å². The normalized spacial score (nSPS) is 16.9. The van der Waals surface area contributed by atoms with Crippen LogP contribution in [0.25, 0.3) is 0 Å². The van der Waals surface area contributed by atoms with Crippen molar-refractivity contribution in [1.29, 1.82) is 0 Å². The van der Waals surface area contributed by atoms with Gasteiger partial charge < -0.3 is 5.32 Å². The van der Waals surface area contributed by atoms with Crippen molar-refractivity contribution in [3.05, 3.63) is 69.7 Å². The van der Waals surface area contributed by atoms with Crippen molar-refractivity contribution in [2.45, 2.75) is 32.2 Å². The Kier molecular flexibility index (Phi) is 7.17. The maximum absolute atomic E-state index is 12.5. The van der Waals surface area contributed by atoms with E-state index in [9.17, 15) is 4.79 Å². The fourth-order valence-electron chi connectivity index (χ4n) is 3.56. The van der Waals surface area contributed by atoms with Gasteiger partial charge in [-0.2, -0.15) is 0 Å². The van der Waals surface area contributed by atoms with Gasteiger partial charge in [-0.1, -0.05) is 72.6 Å². The molecule has 5 heteroatoms. The van der Waals surface area contributed by atoms with E-state index in [2.05, 4.69) is 29.3 Å². The minimum absolute atomic E-state index is 0.0963. The first-order chi connectivity index (χ1) is 13.0. The first kappa shape index (κ1) is 20.2. The maximum atomic E-state index is 12.5. The molecule has 1 aliphatic heterocycles. The molecule has 1 amide bonds. The third-order valence-corrected chi connectivity index (χ3v) is 6.19. The minimum Gasteiger partial charge on any atom is -0.355 e. The van der Waals surface area contributed by atoms with Crippen LogP contribution < -0.4 is 5.32 Å². The second-order valence-electron chi connectivity index (χ2n) is 7.32. The van der Waals surface area contributed by atoms with Crippen molar-refractivity contribution in [2.24, 2.45) is 5.92 Å². The van der Waals surface area contributed by atoms with Crippen molar-refractivity contribution in [1.82, 2.24) is 10.2 Å². The zero-order valence-electron chi connectivity index (χ0n) is 15.6. The number of hydrogen-bond acceptors (Lipinski definition) is 2. The van der Waals surface area contributed by atoms with Gasteiger partial charge in [0.05, 0.1) is 10.0 Å². The summed E-state index contributed by atoms with van der Waals surface area (Å²) >= 11 is 12.4. The first-order valence-electron chi connectivity index (χ1n) is 9.52. The predicted octanol–water partition coefficient (Wildman–Crippen LogP) is 5.13. The molecule has 3 nitrogen and oxygen atoms in total. The number of carbonyl (C=O) groups excluding carboxylic acids is 1. The van der Waals surface area contributed by atoms with Crippen LogP contribution in [-0.2, 0) is 11.3 Å². The van der Waals surface area contributed by atoms with E-state index >= 15 is 0 Å². The molecule has 1 saturated heterocycles. The Morgan fingerprint density at radius 2 is 1.81 bits per heavy atom. The first-order valence-corrected chi connectivity index (χ1v) is 10.3. The van der Waals surface area contributed by atoms with Gasteiger partial charge in [0.25, 0.3) is 0 Å². The number of rotatable bonds is 6. The minimum atomic E-state index is 0.0963. The zero-order chi connectivity index (χ0) is 19.2. The van der Waals surface area contributed by atoms with Crippen LogP contribution in [0.15, 0.2) is 48.5 Å². The summed E-state index contributed by atoms with van der Waals surface area (Å²) in [6, 6.07) is 16.0. The topological polar surface area (TPSA) is 32.3 Å². The van der Waals surface area contributed by atoms with E-state index in [1.54, 1.807) is 6.07 Å². The van der Waals surface area contributed by atoms with Crippen molar-refractivity contribution < 1.29 is 4.79 Å². The van der Waals surface area contributed by atoms with E-state index in [1.807, 2.05) is 30.3 Å². The maximum Gasteiger partial charge on any atom is 0.223 e. The van der Waals surface area contributed by atoms with Crippen molar-refractivity contribution >= 4 is 29.1 Å². The van der Waals surface area contributed by atoms with Gasteiger partial charge in [-0.15, -0.1) is 0 Å². The lowest BCUT2D eigenvalue weighted by atomic mass is 9.95. The predicted molar refractivity (Wildman–Crippen MR) is 112 cm³/mol. The molecule has 2 aromatic rings. The summed E-state index contributed by atoms with van der Waals surface area (Å²) in [5.41, 5.74) is 2.30. The summed E-state index contributed by atoms with van der Waals surface area (Å²) in [4.78, 5) is 14.9. The molecule has 0 unspecified atom stereocenters. The highest BCUT2D eigenvalue weighted by Crippen LogP contribution is 2.28. The lowest BCUT2D eigenvalue weighted by Crippen LogP contribution is -2.41. The Hall–Kier alpha value is -1.55. The molecule has 1 heterocycles. The smallest absolute Gasteiger partial charge is 0.223 e. The number of likely N-dealkylation sites (tertiary alicyclic amines) is 1. The van der Waals surface area contributed by atoms with E-state index in [0.29, 0.717) is 22.5 Å². The van der Waals surface area contributed by atoms with Crippen LogP contribution in [0.1, 0.15) is 36.8 Å². The van der Waals surface area contributed by atoms with E-state index < -0.39 is 0 Å². The molecule has 27 heavy (non-hydrogen) atoms. The molecule has 144 valence electrons. The molecule has 0 spiro atoms. The van der Waals surface area contributed by atoms with Gasteiger partial charge in [0.15, 0.2) is 0 Å². The van der Waals surface area contributed by atoms with E-state index in [-0.39, 0.29) is 11.8 Å². The van der Waals surface area contributed by atoms with Gasteiger partial charge in [-0.3, -0.25) is 9.69 Å². The molecule has 0 radical (unpaired) electrons. The third-order valence-electron chi connectivity index (χ3n) is 5.33. The van der Waals surface area contributed by atoms with Crippen LogP contribution in [0.2, 0.25) is 10.0 Å². The third kappa shape index (κ3) is 5.47. The highest BCUT2D eigenvalue weighted by atomic mass is 35.5. The summed E-state index contributed by atoms with van der Waals surface area (Å²) in [7, 11) is 0. The Morgan fingerprint density at radius 1 is 1.11 bits per heavy atom. The molecular formula is C22H26Cl2N2O. The molecule has 3 rings (SSSR count). The molecule has 0 saturated carbocycles. The van der Waals surface area contributed by atoms with Crippen LogP contribution in [0.3, 0.4) is 0 Å². The second-order valence-corrected chi connectivity index (χ2v) is 8.11. The number of nitrogens with one attached hydrogen (secondary N) is 1. The summed E-state index contributed by atoms with van der Waals surface area (Å²) in [6.07, 6.45) is 1.76. The molecule has 0 aliphatic carbocycles. The average Bonchev–Trinajstić information content (AvgIpc) is 2.70. The fourth-order valence-corrected chi connectivity index (χ4v) is 3.94. The van der Waals surface area contributed by atoms with Crippen molar-refractivity contribution in [2.75, 3.05) is 19.6 Å². The molecule has 1 aliphatic rings. The number of piperidine rings is 1. The van der Waals surface area contributed by atoms with E-state index in [1.165, 1.54) is 5.56 Å². The Balaban J connectivity index is 1.44. The zero-order valence-corrected chi connectivity index (χ0v) is 17.1. The Labute approximate surface area is 171 Å². The van der Waals surface area contributed by atoms with Crippen LogP contribution >= 0.6 is 23.2 Å². The summed E-state index contributed by atoms with van der Waals surface area (Å²) in [5, 5.41) is 4.36. The average molecular weight is 405 g/mol. The van der Waals surface area contributed by atoms with Gasteiger partial charge in [-0.05, 0) is 49.0 Å². The van der Waals surface area contributed by atoms with Gasteiger partial charge in [0.1, 0.15) is 0 Å². The number of halogens is 2. The fraction of sp³-hybridized carbons (Fsp3) is 0.409. The Bertz CT molecular complexity index is 758. The molecule has 0 aromatic heterocycles. The highest BCUT2D eigenvalue weighted by molar-refractivity contribution is 6.42. The lowest BCUT2D eigenvalue weighted by Gasteiger charge is -2.31. The van der Waals surface area contributed by atoms with Crippen LogP contribution in [-0.4, -0.2) is 30.4 Å². The molecule has 0 bridgehead atoms. The van der Waals surface area contributed by atoms with Crippen LogP contribution in [0, 0.1) is 5.92 Å². The van der Waals surface area contributed by atoms with Crippen molar-refractivity contribution in [3.8, 4) is 0 Å². The van der Waals surface area contributed by atoms with Gasteiger partial charge >= 0.3 is 0 Å². The largest absolute Gasteiger partial charge is 0.355 e. The van der Waals surface area contributed by atoms with Crippen LogP contribution in [0.5, 0.6) is 0 Å². The number of nitrogens with zero attached hydrogens (tertiary/aromatic N) is 1. The standard InChI is InChI=1S/C22H26Cl2N2O/c1-16(17-6-3-2-4-7-17)14-25-22(27)18-10-12-26(13-11-18)15-19-8-5-9-20(23)21(19)24/h2-9,16,18H,10-15H2,1H3,(H,25,27)/t16-/m1/s1. The summed E-state index contributed by atoms with van der Waals surface area (Å²) < 4.78 is 0. The van der Waals surface area contributed by atoms with Gasteiger partial charge in [0, 0.05) is 19.0 Å². The highest BCUT2D eigenvalue weighted by Gasteiger charge is 2.25. The lowest BCUT2D eigenvalue weighted by molar-refractivity contribution is -0.126. The Morgan fingerprint density at radius 3 is 2.52 bits per heavy atom. The second kappa shape index (κ2) is 9.59. The van der Waals surface area contributed by atoms with E-state index in [4.69, 9.17) is 23.2 Å². The van der Waals surface area contributed by atoms with Gasteiger partial charge in [-0.25, -0.2) is 0 Å². The number of hydrogen-bond donors (Lipinski definition) is 1. The number of benzene rings is 2. The molecule has 1 N–H and O–H groups in total. The number of amides is 1. The SMILES string of the molecule is C[C@H](CNC(=O)C1CCN(Cc2cccc(Cl)c2Cl)CC1)c1ccccc1. The monoisotopic (exact) mass is 404 g/mol. The molecule has 1 fully saturated rings.